The van der Waals surface area contributed by atoms with Gasteiger partial charge < -0.3 is 0 Å². The standard InChI is InChI=1S/C24H26/c1-3-9-19(10-4-1)21-13-7-15-23(17-21)24-16-8-14-22(18-24)20-11-5-2-6-12-20/h1-3,5,7-9,13-17,20,24H,4,6,10-12,18H2. The van der Waals surface area contributed by atoms with Crippen LogP contribution in [-0.4, -0.2) is 0 Å². The van der Waals surface area contributed by atoms with Crippen molar-refractivity contribution in [2.24, 2.45) is 5.92 Å². The fourth-order valence-electron chi connectivity index (χ4n) is 4.18. The fraction of sp³-hybridized carbons (Fsp3) is 0.333. The normalized spacial score (nSPS) is 26.2. The number of benzene rings is 1. The van der Waals surface area contributed by atoms with Crippen molar-refractivity contribution in [2.75, 3.05) is 0 Å². The maximum absolute atomic E-state index is 2.42. The van der Waals surface area contributed by atoms with Crippen LogP contribution in [0.4, 0.5) is 0 Å². The van der Waals surface area contributed by atoms with Crippen molar-refractivity contribution in [3.05, 3.63) is 89.6 Å². The molecule has 1 aromatic carbocycles. The summed E-state index contributed by atoms with van der Waals surface area (Å²) in [6.07, 6.45) is 25.8. The molecule has 122 valence electrons. The van der Waals surface area contributed by atoms with Gasteiger partial charge in [0.2, 0.25) is 0 Å². The number of allylic oxidation sites excluding steroid dienone is 10. The summed E-state index contributed by atoms with van der Waals surface area (Å²) in [4.78, 5) is 0. The van der Waals surface area contributed by atoms with E-state index in [1.807, 2.05) is 0 Å². The molecule has 3 aliphatic rings. The minimum Gasteiger partial charge on any atom is -0.0885 e. The van der Waals surface area contributed by atoms with Crippen LogP contribution in [0.15, 0.2) is 78.4 Å². The highest BCUT2D eigenvalue weighted by Crippen LogP contribution is 2.37. The monoisotopic (exact) mass is 314 g/mol. The van der Waals surface area contributed by atoms with Gasteiger partial charge in [-0.3, -0.25) is 0 Å². The Hall–Kier alpha value is -2.08. The first kappa shape index (κ1) is 15.4. The van der Waals surface area contributed by atoms with Crippen LogP contribution in [0.2, 0.25) is 0 Å². The summed E-state index contributed by atoms with van der Waals surface area (Å²) in [5, 5.41) is 0. The van der Waals surface area contributed by atoms with Gasteiger partial charge in [-0.25, -0.2) is 0 Å². The molecule has 0 radical (unpaired) electrons. The van der Waals surface area contributed by atoms with Crippen LogP contribution in [0, 0.1) is 5.92 Å². The topological polar surface area (TPSA) is 0 Å². The molecule has 0 saturated carbocycles. The fourth-order valence-corrected chi connectivity index (χ4v) is 4.18. The maximum Gasteiger partial charge on any atom is 0.00586 e. The molecular weight excluding hydrogens is 288 g/mol. The summed E-state index contributed by atoms with van der Waals surface area (Å²) < 4.78 is 0. The average Bonchev–Trinajstić information content (AvgIpc) is 2.70. The molecule has 0 aliphatic heterocycles. The van der Waals surface area contributed by atoms with Gasteiger partial charge in [0.25, 0.3) is 0 Å². The molecule has 4 rings (SSSR count). The molecule has 24 heavy (non-hydrogen) atoms. The van der Waals surface area contributed by atoms with Crippen molar-refractivity contribution < 1.29 is 0 Å². The third-order valence-electron chi connectivity index (χ3n) is 5.60. The quantitative estimate of drug-likeness (QED) is 0.541. The Balaban J connectivity index is 1.53. The Labute approximate surface area is 146 Å². The maximum atomic E-state index is 2.42. The van der Waals surface area contributed by atoms with Crippen molar-refractivity contribution in [1.82, 2.24) is 0 Å². The Morgan fingerprint density at radius 1 is 0.917 bits per heavy atom. The van der Waals surface area contributed by atoms with Crippen LogP contribution in [0.1, 0.15) is 55.6 Å². The zero-order chi connectivity index (χ0) is 16.2. The summed E-state index contributed by atoms with van der Waals surface area (Å²) in [6, 6.07) is 9.23. The third kappa shape index (κ3) is 3.38. The third-order valence-corrected chi connectivity index (χ3v) is 5.60. The molecule has 0 bridgehead atoms. The molecule has 0 amide bonds. The summed E-state index contributed by atoms with van der Waals surface area (Å²) in [5.74, 6) is 1.30. The molecular formula is C24H26. The van der Waals surface area contributed by atoms with Crippen molar-refractivity contribution in [3.8, 4) is 0 Å². The van der Waals surface area contributed by atoms with Gasteiger partial charge in [-0.2, -0.15) is 0 Å². The van der Waals surface area contributed by atoms with E-state index in [1.54, 1.807) is 5.57 Å². The van der Waals surface area contributed by atoms with E-state index in [2.05, 4.69) is 72.9 Å². The van der Waals surface area contributed by atoms with E-state index >= 15 is 0 Å². The van der Waals surface area contributed by atoms with Gasteiger partial charge in [0.1, 0.15) is 0 Å². The Kier molecular flexibility index (Phi) is 4.64. The van der Waals surface area contributed by atoms with Gasteiger partial charge in [0, 0.05) is 5.92 Å². The molecule has 0 spiro atoms. The van der Waals surface area contributed by atoms with E-state index in [0.717, 1.165) is 5.92 Å². The largest absolute Gasteiger partial charge is 0.0885 e. The number of hydrogen-bond donors (Lipinski definition) is 0. The van der Waals surface area contributed by atoms with Gasteiger partial charge in [-0.05, 0) is 61.1 Å². The second-order valence-corrected chi connectivity index (χ2v) is 7.20. The molecule has 0 saturated heterocycles. The lowest BCUT2D eigenvalue weighted by Crippen LogP contribution is -2.11. The van der Waals surface area contributed by atoms with Crippen molar-refractivity contribution in [1.29, 1.82) is 0 Å². The van der Waals surface area contributed by atoms with Crippen molar-refractivity contribution in [2.45, 2.75) is 44.4 Å². The van der Waals surface area contributed by atoms with Gasteiger partial charge in [-0.1, -0.05) is 78.4 Å². The molecule has 1 aromatic rings. The van der Waals surface area contributed by atoms with E-state index in [4.69, 9.17) is 0 Å². The smallest absolute Gasteiger partial charge is 0.00586 e. The Morgan fingerprint density at radius 3 is 2.75 bits per heavy atom. The van der Waals surface area contributed by atoms with Crippen molar-refractivity contribution in [3.63, 3.8) is 0 Å². The number of rotatable bonds is 3. The number of hydrogen-bond acceptors (Lipinski definition) is 0. The lowest BCUT2D eigenvalue weighted by molar-refractivity contribution is 0.523. The molecule has 0 aromatic heterocycles. The lowest BCUT2D eigenvalue weighted by Gasteiger charge is -2.27. The first-order chi connectivity index (χ1) is 11.9. The zero-order valence-corrected chi connectivity index (χ0v) is 14.3. The highest BCUT2D eigenvalue weighted by molar-refractivity contribution is 5.68. The molecule has 0 N–H and O–H groups in total. The summed E-state index contributed by atoms with van der Waals surface area (Å²) in [6.45, 7) is 0. The second-order valence-electron chi connectivity index (χ2n) is 7.20. The predicted octanol–water partition coefficient (Wildman–Crippen LogP) is 6.75. The molecule has 0 nitrogen and oxygen atoms in total. The highest BCUT2D eigenvalue weighted by Gasteiger charge is 2.21. The minimum absolute atomic E-state index is 0.538. The molecule has 0 heteroatoms. The van der Waals surface area contributed by atoms with Crippen LogP contribution in [0.3, 0.4) is 0 Å². The molecule has 2 unspecified atom stereocenters. The first-order valence-corrected chi connectivity index (χ1v) is 9.38. The Morgan fingerprint density at radius 2 is 1.92 bits per heavy atom. The van der Waals surface area contributed by atoms with Crippen LogP contribution in [0.5, 0.6) is 0 Å². The van der Waals surface area contributed by atoms with E-state index in [9.17, 15) is 0 Å². The van der Waals surface area contributed by atoms with E-state index in [1.165, 1.54) is 55.2 Å². The summed E-state index contributed by atoms with van der Waals surface area (Å²) in [5.41, 5.74) is 6.00. The van der Waals surface area contributed by atoms with Gasteiger partial charge >= 0.3 is 0 Å². The minimum atomic E-state index is 0.538. The molecule has 0 fully saturated rings. The van der Waals surface area contributed by atoms with E-state index < -0.39 is 0 Å². The molecule has 2 atom stereocenters. The van der Waals surface area contributed by atoms with Crippen LogP contribution >= 0.6 is 0 Å². The first-order valence-electron chi connectivity index (χ1n) is 9.38. The summed E-state index contributed by atoms with van der Waals surface area (Å²) in [7, 11) is 0. The van der Waals surface area contributed by atoms with Crippen molar-refractivity contribution >= 4 is 5.57 Å². The van der Waals surface area contributed by atoms with Crippen LogP contribution < -0.4 is 0 Å². The predicted molar refractivity (Wildman–Crippen MR) is 104 cm³/mol. The second kappa shape index (κ2) is 7.21. The Bertz CT molecular complexity index is 739. The summed E-state index contributed by atoms with van der Waals surface area (Å²) >= 11 is 0. The van der Waals surface area contributed by atoms with Crippen LogP contribution in [-0.2, 0) is 0 Å². The molecule has 0 heterocycles. The van der Waals surface area contributed by atoms with E-state index in [0.29, 0.717) is 5.92 Å². The van der Waals surface area contributed by atoms with Gasteiger partial charge in [0.15, 0.2) is 0 Å². The van der Waals surface area contributed by atoms with E-state index in [-0.39, 0.29) is 0 Å². The highest BCUT2D eigenvalue weighted by atomic mass is 14.3. The lowest BCUT2D eigenvalue weighted by atomic mass is 9.78. The SMILES string of the molecule is C1=CCCC(c2cccc(C3C=CC=C(C4CC=CCC4)C3)c2)=C1. The van der Waals surface area contributed by atoms with Crippen LogP contribution in [0.25, 0.3) is 5.57 Å². The molecule has 3 aliphatic carbocycles. The van der Waals surface area contributed by atoms with Gasteiger partial charge in [-0.15, -0.1) is 0 Å². The van der Waals surface area contributed by atoms with Gasteiger partial charge in [0.05, 0.1) is 0 Å². The average molecular weight is 314 g/mol. The zero-order valence-electron chi connectivity index (χ0n) is 14.3.